The largest absolute Gasteiger partial charge is 0.464 e. The zero-order valence-electron chi connectivity index (χ0n) is 27.9. The summed E-state index contributed by atoms with van der Waals surface area (Å²) in [7, 11) is 1.30. The van der Waals surface area contributed by atoms with Crippen LogP contribution in [0, 0.1) is 23.2 Å². The summed E-state index contributed by atoms with van der Waals surface area (Å²) < 4.78 is 6.87. The zero-order chi connectivity index (χ0) is 33.8. The maximum atomic E-state index is 13.9. The SMILES string of the molecule is COC(=O)c1c(Cc2ccc(C(=O)N[C@H]3[C@@H]4C[C@H]5C[C@H]3C[C@](NC(=O)C(C)(C)C)(C5)C4)cc2)c(=O)c2cccnc2n1-c1ccccc1. The van der Waals surface area contributed by atoms with Crippen molar-refractivity contribution in [3.05, 3.63) is 106 Å². The lowest BCUT2D eigenvalue weighted by molar-refractivity contribution is -0.135. The summed E-state index contributed by atoms with van der Waals surface area (Å²) in [4.78, 5) is 58.1. The molecule has 8 rings (SSSR count). The molecule has 0 unspecified atom stereocenters. The third-order valence-corrected chi connectivity index (χ3v) is 10.6. The summed E-state index contributed by atoms with van der Waals surface area (Å²) in [6.45, 7) is 5.86. The van der Waals surface area contributed by atoms with Crippen molar-refractivity contribution in [2.75, 3.05) is 7.11 Å². The van der Waals surface area contributed by atoms with Crippen molar-refractivity contribution in [2.24, 2.45) is 23.2 Å². The molecule has 2 aromatic carbocycles. The Labute approximate surface area is 280 Å². The number of methoxy groups -OCH3 is 1. The van der Waals surface area contributed by atoms with Gasteiger partial charge < -0.3 is 15.4 Å². The van der Waals surface area contributed by atoms with Gasteiger partial charge in [-0.15, -0.1) is 0 Å². The van der Waals surface area contributed by atoms with E-state index in [4.69, 9.17) is 4.74 Å². The zero-order valence-corrected chi connectivity index (χ0v) is 27.9. The van der Waals surface area contributed by atoms with E-state index in [1.165, 1.54) is 7.11 Å². The predicted molar refractivity (Wildman–Crippen MR) is 183 cm³/mol. The Morgan fingerprint density at radius 2 is 1.62 bits per heavy atom. The summed E-state index contributed by atoms with van der Waals surface area (Å²) in [6, 6.07) is 20.0. The number of para-hydroxylation sites is 1. The molecule has 248 valence electrons. The first kappa shape index (κ1) is 31.8. The average Bonchev–Trinajstić information content (AvgIpc) is 3.07. The van der Waals surface area contributed by atoms with Crippen LogP contribution in [0.2, 0.25) is 0 Å². The van der Waals surface area contributed by atoms with Gasteiger partial charge in [0, 0.05) is 46.4 Å². The van der Waals surface area contributed by atoms with Crippen molar-refractivity contribution in [2.45, 2.75) is 70.9 Å². The van der Waals surface area contributed by atoms with E-state index in [-0.39, 0.29) is 40.9 Å². The summed E-state index contributed by atoms with van der Waals surface area (Å²) in [5, 5.41) is 7.19. The molecule has 4 aliphatic rings. The number of nitrogens with one attached hydrogen (secondary N) is 2. The summed E-state index contributed by atoms with van der Waals surface area (Å²) >= 11 is 0. The van der Waals surface area contributed by atoms with E-state index in [0.29, 0.717) is 45.6 Å². The average molecular weight is 647 g/mol. The second-order valence-corrected chi connectivity index (χ2v) is 15.0. The first-order valence-corrected chi connectivity index (χ1v) is 16.8. The lowest BCUT2D eigenvalue weighted by atomic mass is 9.51. The van der Waals surface area contributed by atoms with Crippen molar-refractivity contribution in [1.82, 2.24) is 20.2 Å². The summed E-state index contributed by atoms with van der Waals surface area (Å²) in [6.07, 6.45) is 6.75. The number of esters is 1. The number of fused-ring (bicyclic) bond motifs is 1. The topological polar surface area (TPSA) is 119 Å². The van der Waals surface area contributed by atoms with E-state index in [9.17, 15) is 19.2 Å². The van der Waals surface area contributed by atoms with Gasteiger partial charge in [0.05, 0.1) is 12.5 Å². The van der Waals surface area contributed by atoms with Crippen LogP contribution in [0.1, 0.15) is 84.8 Å². The molecule has 4 bridgehead atoms. The fourth-order valence-corrected chi connectivity index (χ4v) is 8.62. The van der Waals surface area contributed by atoms with Gasteiger partial charge in [0.15, 0.2) is 5.43 Å². The monoisotopic (exact) mass is 646 g/mol. The molecule has 5 atom stereocenters. The van der Waals surface area contributed by atoms with Crippen molar-refractivity contribution in [1.29, 1.82) is 0 Å². The lowest BCUT2D eigenvalue weighted by Gasteiger charge is -2.60. The minimum absolute atomic E-state index is 0.0821. The number of rotatable bonds is 7. The van der Waals surface area contributed by atoms with E-state index in [0.717, 1.165) is 37.7 Å². The molecule has 2 N–H and O–H groups in total. The maximum absolute atomic E-state index is 13.9. The Balaban J connectivity index is 1.13. The van der Waals surface area contributed by atoms with Crippen molar-refractivity contribution in [3.8, 4) is 5.69 Å². The first-order chi connectivity index (χ1) is 23.0. The molecule has 0 saturated heterocycles. The van der Waals surface area contributed by atoms with Crippen LogP contribution >= 0.6 is 0 Å². The number of pyridine rings is 2. The van der Waals surface area contributed by atoms with Crippen LogP contribution in [-0.2, 0) is 16.0 Å². The molecular weight excluding hydrogens is 604 g/mol. The van der Waals surface area contributed by atoms with Gasteiger partial charge in [-0.2, -0.15) is 0 Å². The number of nitrogens with zero attached hydrogens (tertiary/aromatic N) is 2. The Morgan fingerprint density at radius 1 is 0.938 bits per heavy atom. The second kappa shape index (κ2) is 12.0. The van der Waals surface area contributed by atoms with E-state index in [2.05, 4.69) is 15.6 Å². The van der Waals surface area contributed by atoms with Crippen LogP contribution in [0.15, 0.2) is 77.7 Å². The van der Waals surface area contributed by atoms with Gasteiger partial charge >= 0.3 is 5.97 Å². The molecule has 48 heavy (non-hydrogen) atoms. The van der Waals surface area contributed by atoms with Crippen molar-refractivity contribution >= 4 is 28.8 Å². The molecule has 4 saturated carbocycles. The first-order valence-electron chi connectivity index (χ1n) is 16.8. The Kier molecular flexibility index (Phi) is 7.96. The van der Waals surface area contributed by atoms with E-state index >= 15 is 0 Å². The Hall–Kier alpha value is -4.79. The number of benzene rings is 2. The maximum Gasteiger partial charge on any atom is 0.355 e. The standard InChI is InChI=1S/C39H42N4O5/c1-38(2,3)37(47)42-39-20-24-17-26(21-39)31(27(18-24)22-39)41-35(45)25-14-12-23(13-15-25)19-30-32(36(46)48-4)43(28-9-6-5-7-10-28)34-29(33(30)44)11-8-16-40-34/h5-16,24,26-27,31H,17-22H2,1-4H3,(H,41,45)(H,42,47)/t24-,26+,27-,31-,39-. The normalized spacial score (nSPS) is 24.3. The van der Waals surface area contributed by atoms with Gasteiger partial charge in [0.1, 0.15) is 11.3 Å². The summed E-state index contributed by atoms with van der Waals surface area (Å²) in [5.41, 5.74) is 1.91. The van der Waals surface area contributed by atoms with Gasteiger partial charge in [-0.1, -0.05) is 51.1 Å². The van der Waals surface area contributed by atoms with E-state index in [1.54, 1.807) is 35.0 Å². The molecular formula is C39H42N4O5. The molecule has 2 aromatic heterocycles. The van der Waals surface area contributed by atoms with Crippen LogP contribution in [0.4, 0.5) is 0 Å². The minimum atomic E-state index is -0.634. The molecule has 2 amide bonds. The van der Waals surface area contributed by atoms with Crippen LogP contribution in [0.25, 0.3) is 16.7 Å². The molecule has 4 fully saturated rings. The minimum Gasteiger partial charge on any atom is -0.464 e. The van der Waals surface area contributed by atoms with Crippen LogP contribution in [0.5, 0.6) is 0 Å². The van der Waals surface area contributed by atoms with E-state index < -0.39 is 11.4 Å². The lowest BCUT2D eigenvalue weighted by Crippen LogP contribution is -2.67. The quantitative estimate of drug-likeness (QED) is 0.252. The highest BCUT2D eigenvalue weighted by Crippen LogP contribution is 2.56. The Bertz CT molecular complexity index is 1940. The van der Waals surface area contributed by atoms with Gasteiger partial charge in [-0.25, -0.2) is 9.78 Å². The molecule has 0 spiro atoms. The molecule has 4 aromatic rings. The van der Waals surface area contributed by atoms with Crippen LogP contribution in [0.3, 0.4) is 0 Å². The van der Waals surface area contributed by atoms with E-state index in [1.807, 2.05) is 63.2 Å². The molecule has 9 nitrogen and oxygen atoms in total. The predicted octanol–water partition coefficient (Wildman–Crippen LogP) is 5.60. The van der Waals surface area contributed by atoms with Gasteiger partial charge in [0.2, 0.25) is 5.91 Å². The van der Waals surface area contributed by atoms with Gasteiger partial charge in [-0.05, 0) is 91.8 Å². The number of carbonyl (C=O) groups excluding carboxylic acids is 3. The highest BCUT2D eigenvalue weighted by atomic mass is 16.5. The number of aromatic nitrogens is 2. The molecule has 4 aliphatic carbocycles. The summed E-state index contributed by atoms with van der Waals surface area (Å²) in [5.74, 6) is 0.608. The molecule has 0 aliphatic heterocycles. The number of amides is 2. The smallest absolute Gasteiger partial charge is 0.355 e. The number of carbonyl (C=O) groups is 3. The third kappa shape index (κ3) is 5.69. The van der Waals surface area contributed by atoms with Crippen molar-refractivity contribution in [3.63, 3.8) is 0 Å². The second-order valence-electron chi connectivity index (χ2n) is 15.0. The number of ether oxygens (including phenoxy) is 1. The number of hydrogen-bond acceptors (Lipinski definition) is 6. The molecule has 9 heteroatoms. The number of hydrogen-bond donors (Lipinski definition) is 2. The third-order valence-electron chi connectivity index (χ3n) is 10.6. The van der Waals surface area contributed by atoms with Gasteiger partial charge in [0.25, 0.3) is 5.91 Å². The van der Waals surface area contributed by atoms with Crippen LogP contribution in [-0.4, -0.2) is 46.0 Å². The molecule has 2 heterocycles. The fourth-order valence-electron chi connectivity index (χ4n) is 8.62. The highest BCUT2D eigenvalue weighted by Gasteiger charge is 2.56. The highest BCUT2D eigenvalue weighted by molar-refractivity contribution is 5.95. The van der Waals surface area contributed by atoms with Crippen LogP contribution < -0.4 is 16.1 Å². The van der Waals surface area contributed by atoms with Crippen molar-refractivity contribution < 1.29 is 19.1 Å². The molecule has 0 radical (unpaired) electrons. The van der Waals surface area contributed by atoms with Gasteiger partial charge in [-0.3, -0.25) is 19.0 Å². The Morgan fingerprint density at radius 3 is 2.27 bits per heavy atom. The fraction of sp³-hybridized carbons (Fsp3) is 0.410.